The van der Waals surface area contributed by atoms with Crippen LogP contribution < -0.4 is 5.32 Å². The third-order valence-electron chi connectivity index (χ3n) is 2.84. The van der Waals surface area contributed by atoms with Gasteiger partial charge < -0.3 is 5.32 Å². The van der Waals surface area contributed by atoms with Crippen molar-refractivity contribution in [3.63, 3.8) is 0 Å². The molecule has 20 heavy (non-hydrogen) atoms. The number of hydrogen-bond donors (Lipinski definition) is 1. The molecule has 1 rings (SSSR count). The Morgan fingerprint density at radius 1 is 1.40 bits per heavy atom. The summed E-state index contributed by atoms with van der Waals surface area (Å²) < 4.78 is 36.1. The number of benzene rings is 1. The van der Waals surface area contributed by atoms with Crippen molar-refractivity contribution < 1.29 is 17.6 Å². The topological polar surface area (TPSA) is 63.2 Å². The van der Waals surface area contributed by atoms with Gasteiger partial charge in [0.1, 0.15) is 10.7 Å². The summed E-state index contributed by atoms with van der Waals surface area (Å²) in [4.78, 5) is 11.5. The van der Waals surface area contributed by atoms with E-state index in [1.807, 2.05) is 13.8 Å². The fraction of sp³-hybridized carbons (Fsp3) is 0.417. The molecule has 112 valence electrons. The molecule has 0 saturated heterocycles. The number of rotatable bonds is 5. The van der Waals surface area contributed by atoms with Crippen LogP contribution >= 0.6 is 26.6 Å². The van der Waals surface area contributed by atoms with Crippen LogP contribution in [-0.2, 0) is 9.05 Å². The van der Waals surface area contributed by atoms with Gasteiger partial charge in [-0.3, -0.25) is 4.79 Å². The first-order valence-electron chi connectivity index (χ1n) is 5.95. The molecule has 0 heterocycles. The van der Waals surface area contributed by atoms with Crippen LogP contribution in [0.5, 0.6) is 0 Å². The molecule has 0 aliphatic heterocycles. The molecule has 1 aromatic rings. The molecule has 0 spiro atoms. The maximum atomic E-state index is 13.7. The van der Waals surface area contributed by atoms with Crippen LogP contribution in [0.15, 0.2) is 21.5 Å². The largest absolute Gasteiger partial charge is 0.349 e. The number of carbonyl (C=O) groups is 1. The lowest BCUT2D eigenvalue weighted by Gasteiger charge is -2.15. The predicted molar refractivity (Wildman–Crippen MR) is 79.0 cm³/mol. The van der Waals surface area contributed by atoms with E-state index in [4.69, 9.17) is 10.7 Å². The van der Waals surface area contributed by atoms with Crippen molar-refractivity contribution >= 4 is 41.6 Å². The van der Waals surface area contributed by atoms with E-state index in [9.17, 15) is 17.6 Å². The average Bonchev–Trinajstić information content (AvgIpc) is 2.37. The average molecular weight is 387 g/mol. The number of amides is 1. The summed E-state index contributed by atoms with van der Waals surface area (Å²) in [6, 6.07) is 1.96. The Kier molecular flexibility index (Phi) is 5.97. The first-order chi connectivity index (χ1) is 9.20. The van der Waals surface area contributed by atoms with Crippen molar-refractivity contribution in [1.29, 1.82) is 0 Å². The molecule has 0 fully saturated rings. The maximum Gasteiger partial charge on any atom is 0.262 e. The smallest absolute Gasteiger partial charge is 0.262 e. The zero-order valence-electron chi connectivity index (χ0n) is 10.9. The van der Waals surface area contributed by atoms with Crippen molar-refractivity contribution in [2.75, 3.05) is 0 Å². The number of hydrogen-bond acceptors (Lipinski definition) is 3. The zero-order chi connectivity index (χ0) is 15.5. The standard InChI is InChI=1S/C12H14BrClFNO3S/c1-3-8(4-2)16-12(17)7-5-9(15)11(13)10(6-7)20(14,18)19/h5-6,8H,3-4H2,1-2H3,(H,16,17). The summed E-state index contributed by atoms with van der Waals surface area (Å²) in [7, 11) is 1.07. The Bertz CT molecular complexity index is 617. The van der Waals surface area contributed by atoms with E-state index >= 15 is 0 Å². The maximum absolute atomic E-state index is 13.7. The highest BCUT2D eigenvalue weighted by atomic mass is 79.9. The van der Waals surface area contributed by atoms with Crippen molar-refractivity contribution in [2.45, 2.75) is 37.6 Å². The Labute approximate surface area is 130 Å². The Morgan fingerprint density at radius 2 is 1.95 bits per heavy atom. The minimum Gasteiger partial charge on any atom is -0.349 e. The van der Waals surface area contributed by atoms with E-state index < -0.39 is 25.7 Å². The molecule has 0 aliphatic rings. The molecule has 0 bridgehead atoms. The highest BCUT2D eigenvalue weighted by Crippen LogP contribution is 2.29. The number of carbonyl (C=O) groups excluding carboxylic acids is 1. The van der Waals surface area contributed by atoms with E-state index in [0.29, 0.717) is 0 Å². The Balaban J connectivity index is 3.21. The van der Waals surface area contributed by atoms with Crippen molar-refractivity contribution in [1.82, 2.24) is 5.32 Å². The van der Waals surface area contributed by atoms with Gasteiger partial charge in [0.2, 0.25) is 0 Å². The number of nitrogens with one attached hydrogen (secondary N) is 1. The molecule has 1 N–H and O–H groups in total. The lowest BCUT2D eigenvalue weighted by atomic mass is 10.1. The van der Waals surface area contributed by atoms with Gasteiger partial charge in [0, 0.05) is 22.3 Å². The summed E-state index contributed by atoms with van der Waals surface area (Å²) in [6.07, 6.45) is 1.45. The highest BCUT2D eigenvalue weighted by molar-refractivity contribution is 9.10. The lowest BCUT2D eigenvalue weighted by Crippen LogP contribution is -2.33. The molecule has 0 unspecified atom stereocenters. The predicted octanol–water partition coefficient (Wildman–Crippen LogP) is 3.43. The van der Waals surface area contributed by atoms with Gasteiger partial charge in [0.15, 0.2) is 0 Å². The van der Waals surface area contributed by atoms with E-state index in [2.05, 4.69) is 21.2 Å². The second kappa shape index (κ2) is 6.87. The minimum absolute atomic E-state index is 0.0507. The van der Waals surface area contributed by atoms with E-state index in [1.54, 1.807) is 0 Å². The summed E-state index contributed by atoms with van der Waals surface area (Å²) in [5.41, 5.74) is -0.0863. The summed E-state index contributed by atoms with van der Waals surface area (Å²) in [5, 5.41) is 2.70. The molecule has 0 atom stereocenters. The van der Waals surface area contributed by atoms with E-state index in [1.165, 1.54) is 0 Å². The molecular weight excluding hydrogens is 373 g/mol. The molecule has 1 aromatic carbocycles. The van der Waals surface area contributed by atoms with Crippen LogP contribution in [-0.4, -0.2) is 20.4 Å². The SMILES string of the molecule is CCC(CC)NC(=O)c1cc(F)c(Br)c(S(=O)(=O)Cl)c1. The van der Waals surface area contributed by atoms with Crippen molar-refractivity contribution in [2.24, 2.45) is 0 Å². The van der Waals surface area contributed by atoms with Crippen LogP contribution in [0, 0.1) is 5.82 Å². The Morgan fingerprint density at radius 3 is 2.40 bits per heavy atom. The molecule has 0 aliphatic carbocycles. The fourth-order valence-electron chi connectivity index (χ4n) is 1.63. The summed E-state index contributed by atoms with van der Waals surface area (Å²) in [6.45, 7) is 3.82. The molecule has 0 radical (unpaired) electrons. The van der Waals surface area contributed by atoms with Gasteiger partial charge in [-0.25, -0.2) is 12.8 Å². The fourth-order valence-corrected chi connectivity index (χ4v) is 3.73. The van der Waals surface area contributed by atoms with Crippen LogP contribution in [0.25, 0.3) is 0 Å². The van der Waals surface area contributed by atoms with Gasteiger partial charge in [0.25, 0.3) is 15.0 Å². The van der Waals surface area contributed by atoms with Gasteiger partial charge in [-0.15, -0.1) is 0 Å². The lowest BCUT2D eigenvalue weighted by molar-refractivity contribution is 0.0934. The van der Waals surface area contributed by atoms with Crippen LogP contribution in [0.2, 0.25) is 0 Å². The minimum atomic E-state index is -4.15. The first-order valence-corrected chi connectivity index (χ1v) is 9.05. The zero-order valence-corrected chi connectivity index (χ0v) is 14.1. The number of halogens is 3. The molecule has 0 saturated carbocycles. The van der Waals surface area contributed by atoms with Crippen molar-refractivity contribution in [3.8, 4) is 0 Å². The molecular formula is C12H14BrClFNO3S. The van der Waals surface area contributed by atoms with Gasteiger partial charge in [-0.1, -0.05) is 13.8 Å². The second-order valence-electron chi connectivity index (χ2n) is 4.19. The third-order valence-corrected chi connectivity index (χ3v) is 5.25. The summed E-state index contributed by atoms with van der Waals surface area (Å²) in [5.74, 6) is -1.40. The van der Waals surface area contributed by atoms with Crippen LogP contribution in [0.1, 0.15) is 37.0 Å². The normalized spacial score (nSPS) is 11.7. The summed E-state index contributed by atoms with van der Waals surface area (Å²) >= 11 is 2.81. The van der Waals surface area contributed by atoms with Crippen LogP contribution in [0.3, 0.4) is 0 Å². The van der Waals surface area contributed by atoms with Gasteiger partial charge >= 0.3 is 0 Å². The Hall–Kier alpha value is -0.660. The monoisotopic (exact) mass is 385 g/mol. The first kappa shape index (κ1) is 17.4. The highest BCUT2D eigenvalue weighted by Gasteiger charge is 2.22. The second-order valence-corrected chi connectivity index (χ2v) is 7.52. The van der Waals surface area contributed by atoms with Crippen LogP contribution in [0.4, 0.5) is 4.39 Å². The van der Waals surface area contributed by atoms with Gasteiger partial charge in [0.05, 0.1) is 4.47 Å². The molecule has 0 aromatic heterocycles. The molecule has 1 amide bonds. The molecule has 8 heteroatoms. The quantitative estimate of drug-likeness (QED) is 0.789. The van der Waals surface area contributed by atoms with Gasteiger partial charge in [-0.05, 0) is 40.9 Å². The molecule has 4 nitrogen and oxygen atoms in total. The van der Waals surface area contributed by atoms with Gasteiger partial charge in [-0.2, -0.15) is 0 Å². The van der Waals surface area contributed by atoms with E-state index in [0.717, 1.165) is 25.0 Å². The third kappa shape index (κ3) is 4.17. The van der Waals surface area contributed by atoms with Crippen molar-refractivity contribution in [3.05, 3.63) is 28.0 Å². The van der Waals surface area contributed by atoms with E-state index in [-0.39, 0.29) is 16.1 Å².